The molecule has 0 unspecified atom stereocenters. The summed E-state index contributed by atoms with van der Waals surface area (Å²) < 4.78 is 11.9. The third kappa shape index (κ3) is 5.65. The SMILES string of the molecule is CCC(CC)c1ccc(Oc2ccc(Oc3ccc(C(=O)c4ccc(O)cc4)cc3)cc2)cc1. The smallest absolute Gasteiger partial charge is 0.193 e. The second kappa shape index (κ2) is 10.7. The number of rotatable bonds is 9. The van der Waals surface area contributed by atoms with Crippen LogP contribution in [0, 0.1) is 0 Å². The lowest BCUT2D eigenvalue weighted by molar-refractivity contribution is 0.103. The van der Waals surface area contributed by atoms with Crippen LogP contribution in [0.4, 0.5) is 0 Å². The van der Waals surface area contributed by atoms with Crippen LogP contribution in [0.3, 0.4) is 0 Å². The zero-order valence-electron chi connectivity index (χ0n) is 19.4. The van der Waals surface area contributed by atoms with Gasteiger partial charge in [-0.2, -0.15) is 0 Å². The lowest BCUT2D eigenvalue weighted by Crippen LogP contribution is -2.00. The van der Waals surface area contributed by atoms with Gasteiger partial charge in [0.05, 0.1) is 0 Å². The Kier molecular flexibility index (Phi) is 7.28. The first-order chi connectivity index (χ1) is 16.6. The molecule has 0 amide bonds. The Labute approximate surface area is 200 Å². The monoisotopic (exact) mass is 452 g/mol. The molecule has 1 N–H and O–H groups in total. The number of hydrogen-bond acceptors (Lipinski definition) is 4. The number of phenols is 1. The van der Waals surface area contributed by atoms with Crippen molar-refractivity contribution in [1.82, 2.24) is 0 Å². The summed E-state index contributed by atoms with van der Waals surface area (Å²) in [5.41, 5.74) is 2.42. The molecule has 4 rings (SSSR count). The summed E-state index contributed by atoms with van der Waals surface area (Å²) >= 11 is 0. The van der Waals surface area contributed by atoms with Gasteiger partial charge in [-0.1, -0.05) is 26.0 Å². The number of ketones is 1. The lowest BCUT2D eigenvalue weighted by atomic mass is 9.94. The minimum atomic E-state index is -0.110. The number of hydrogen-bond donors (Lipinski definition) is 1. The molecule has 4 aromatic rings. The maximum absolute atomic E-state index is 12.6. The van der Waals surface area contributed by atoms with Crippen LogP contribution in [0.15, 0.2) is 97.1 Å². The second-order valence-corrected chi connectivity index (χ2v) is 8.16. The highest BCUT2D eigenvalue weighted by Gasteiger charge is 2.10. The molecule has 0 bridgehead atoms. The fourth-order valence-electron chi connectivity index (χ4n) is 3.87. The first kappa shape index (κ1) is 23.1. The first-order valence-electron chi connectivity index (χ1n) is 11.5. The zero-order valence-corrected chi connectivity index (χ0v) is 19.4. The van der Waals surface area contributed by atoms with E-state index in [4.69, 9.17) is 9.47 Å². The second-order valence-electron chi connectivity index (χ2n) is 8.16. The largest absolute Gasteiger partial charge is 0.508 e. The summed E-state index contributed by atoms with van der Waals surface area (Å²) in [5.74, 6) is 3.45. The quantitative estimate of drug-likeness (QED) is 0.261. The summed E-state index contributed by atoms with van der Waals surface area (Å²) in [6.07, 6.45) is 2.27. The molecule has 0 atom stereocenters. The zero-order chi connectivity index (χ0) is 23.9. The van der Waals surface area contributed by atoms with Gasteiger partial charge in [0.2, 0.25) is 0 Å². The molecular formula is C30H28O4. The van der Waals surface area contributed by atoms with Crippen LogP contribution >= 0.6 is 0 Å². The van der Waals surface area contributed by atoms with E-state index in [-0.39, 0.29) is 11.5 Å². The van der Waals surface area contributed by atoms with Crippen molar-refractivity contribution in [3.05, 3.63) is 114 Å². The fraction of sp³-hybridized carbons (Fsp3) is 0.167. The molecular weight excluding hydrogens is 424 g/mol. The van der Waals surface area contributed by atoms with E-state index in [2.05, 4.69) is 26.0 Å². The predicted octanol–water partition coefficient (Wildman–Crippen LogP) is 8.11. The van der Waals surface area contributed by atoms with E-state index in [0.29, 0.717) is 28.5 Å². The Morgan fingerprint density at radius 3 is 1.38 bits per heavy atom. The number of benzene rings is 4. The normalized spacial score (nSPS) is 10.8. The molecule has 34 heavy (non-hydrogen) atoms. The number of carbonyl (C=O) groups excluding carboxylic acids is 1. The van der Waals surface area contributed by atoms with E-state index in [0.717, 1.165) is 24.3 Å². The Morgan fingerprint density at radius 2 is 0.971 bits per heavy atom. The highest BCUT2D eigenvalue weighted by molar-refractivity contribution is 6.09. The molecule has 0 aliphatic rings. The maximum Gasteiger partial charge on any atom is 0.193 e. The number of carbonyl (C=O) groups is 1. The summed E-state index contributed by atoms with van der Waals surface area (Å²) in [7, 11) is 0. The van der Waals surface area contributed by atoms with Gasteiger partial charge in [-0.05, 0) is 109 Å². The molecule has 172 valence electrons. The van der Waals surface area contributed by atoms with E-state index < -0.39 is 0 Å². The van der Waals surface area contributed by atoms with Crippen LogP contribution in [0.5, 0.6) is 28.7 Å². The molecule has 0 heterocycles. The number of aromatic hydroxyl groups is 1. The highest BCUT2D eigenvalue weighted by Crippen LogP contribution is 2.29. The number of phenolic OH excluding ortho intramolecular Hbond substituents is 1. The summed E-state index contributed by atoms with van der Waals surface area (Å²) in [6.45, 7) is 4.43. The van der Waals surface area contributed by atoms with Crippen molar-refractivity contribution in [3.63, 3.8) is 0 Å². The number of ether oxygens (including phenoxy) is 2. The van der Waals surface area contributed by atoms with E-state index in [1.165, 1.54) is 17.7 Å². The molecule has 0 fully saturated rings. The van der Waals surface area contributed by atoms with Gasteiger partial charge in [0, 0.05) is 11.1 Å². The van der Waals surface area contributed by atoms with Gasteiger partial charge in [-0.3, -0.25) is 4.79 Å². The Bertz CT molecular complexity index is 1210. The summed E-state index contributed by atoms with van der Waals surface area (Å²) in [5, 5.41) is 9.39. The third-order valence-electron chi connectivity index (χ3n) is 5.88. The van der Waals surface area contributed by atoms with Crippen molar-refractivity contribution in [3.8, 4) is 28.7 Å². The topological polar surface area (TPSA) is 55.8 Å². The van der Waals surface area contributed by atoms with Crippen molar-refractivity contribution in [1.29, 1.82) is 0 Å². The van der Waals surface area contributed by atoms with Crippen LogP contribution in [0.25, 0.3) is 0 Å². The predicted molar refractivity (Wildman–Crippen MR) is 134 cm³/mol. The van der Waals surface area contributed by atoms with Gasteiger partial charge < -0.3 is 14.6 Å². The van der Waals surface area contributed by atoms with Gasteiger partial charge in [0.15, 0.2) is 5.78 Å². The molecule has 0 spiro atoms. The minimum Gasteiger partial charge on any atom is -0.508 e. The van der Waals surface area contributed by atoms with Gasteiger partial charge in [0.25, 0.3) is 0 Å². The van der Waals surface area contributed by atoms with Gasteiger partial charge in [-0.15, -0.1) is 0 Å². The summed E-state index contributed by atoms with van der Waals surface area (Å²) in [4.78, 5) is 12.6. The average Bonchev–Trinajstić information content (AvgIpc) is 2.87. The van der Waals surface area contributed by atoms with Gasteiger partial charge in [0.1, 0.15) is 28.7 Å². The Hall–Kier alpha value is -4.05. The first-order valence-corrected chi connectivity index (χ1v) is 11.5. The molecule has 0 aliphatic carbocycles. The molecule has 0 saturated heterocycles. The van der Waals surface area contributed by atoms with Crippen LogP contribution in [-0.2, 0) is 0 Å². The Balaban J connectivity index is 1.36. The van der Waals surface area contributed by atoms with E-state index in [1.807, 2.05) is 36.4 Å². The van der Waals surface area contributed by atoms with Crippen molar-refractivity contribution < 1.29 is 19.4 Å². The Morgan fingerprint density at radius 1 is 0.618 bits per heavy atom. The van der Waals surface area contributed by atoms with Crippen LogP contribution < -0.4 is 9.47 Å². The van der Waals surface area contributed by atoms with E-state index >= 15 is 0 Å². The summed E-state index contributed by atoms with van der Waals surface area (Å²) in [6, 6.07) is 28.9. The molecule has 4 aromatic carbocycles. The van der Waals surface area contributed by atoms with Crippen LogP contribution in [0.1, 0.15) is 54.1 Å². The standard InChI is InChI=1S/C30H28O4/c1-3-21(4-2)22-7-13-26(14-8-22)33-28-17-19-29(20-18-28)34-27-15-9-24(10-16-27)30(32)23-5-11-25(31)12-6-23/h5-21,31H,3-4H2,1-2H3. The average molecular weight is 453 g/mol. The molecule has 4 nitrogen and oxygen atoms in total. The molecule has 4 heteroatoms. The van der Waals surface area contributed by atoms with Crippen LogP contribution in [-0.4, -0.2) is 10.9 Å². The van der Waals surface area contributed by atoms with Crippen molar-refractivity contribution in [2.45, 2.75) is 32.6 Å². The third-order valence-corrected chi connectivity index (χ3v) is 5.88. The lowest BCUT2D eigenvalue weighted by Gasteiger charge is -2.13. The highest BCUT2D eigenvalue weighted by atomic mass is 16.5. The fourth-order valence-corrected chi connectivity index (χ4v) is 3.87. The minimum absolute atomic E-state index is 0.110. The molecule has 0 aliphatic heterocycles. The van der Waals surface area contributed by atoms with E-state index in [1.54, 1.807) is 36.4 Å². The molecule has 0 saturated carbocycles. The molecule has 0 aromatic heterocycles. The molecule has 0 radical (unpaired) electrons. The van der Waals surface area contributed by atoms with E-state index in [9.17, 15) is 9.90 Å². The van der Waals surface area contributed by atoms with Gasteiger partial charge >= 0.3 is 0 Å². The van der Waals surface area contributed by atoms with Crippen molar-refractivity contribution in [2.24, 2.45) is 0 Å². The van der Waals surface area contributed by atoms with Gasteiger partial charge in [-0.25, -0.2) is 0 Å². The maximum atomic E-state index is 12.6. The van der Waals surface area contributed by atoms with Crippen molar-refractivity contribution >= 4 is 5.78 Å². The van der Waals surface area contributed by atoms with Crippen molar-refractivity contribution in [2.75, 3.05) is 0 Å². The van der Waals surface area contributed by atoms with Crippen LogP contribution in [0.2, 0.25) is 0 Å².